The maximum atomic E-state index is 13.6. The molecule has 0 bridgehead atoms. The molecule has 0 spiro atoms. The molecule has 1 aliphatic rings. The van der Waals surface area contributed by atoms with Crippen molar-refractivity contribution in [2.75, 3.05) is 0 Å². The second kappa shape index (κ2) is 4.29. The number of hydrogen-bond acceptors (Lipinski definition) is 4. The van der Waals surface area contributed by atoms with Crippen molar-refractivity contribution in [2.45, 2.75) is 45.4 Å². The third-order valence-electron chi connectivity index (χ3n) is 3.66. The molecule has 1 aromatic heterocycles. The Kier molecular flexibility index (Phi) is 3.21. The molecule has 0 atom stereocenters. The van der Waals surface area contributed by atoms with Crippen LogP contribution in [0.1, 0.15) is 33.4 Å². The Balaban J connectivity index is 2.27. The summed E-state index contributed by atoms with van der Waals surface area (Å²) in [6.45, 7) is 7.88. The first-order chi connectivity index (χ1) is 8.27. The fourth-order valence-electron chi connectivity index (χ4n) is 1.74. The van der Waals surface area contributed by atoms with Crippen LogP contribution in [0.3, 0.4) is 0 Å². The summed E-state index contributed by atoms with van der Waals surface area (Å²) in [5, 5.41) is 0. The van der Waals surface area contributed by atoms with Gasteiger partial charge in [-0.3, -0.25) is 4.98 Å². The average Bonchev–Trinajstić information content (AvgIpc) is 2.48. The van der Waals surface area contributed by atoms with E-state index in [0.717, 1.165) is 0 Å². The van der Waals surface area contributed by atoms with Crippen molar-refractivity contribution in [2.24, 2.45) is 5.73 Å². The lowest BCUT2D eigenvalue weighted by Crippen LogP contribution is -2.41. The molecular formula is C12H18BFN2O2. The van der Waals surface area contributed by atoms with Gasteiger partial charge in [0.25, 0.3) is 0 Å². The van der Waals surface area contributed by atoms with Gasteiger partial charge >= 0.3 is 7.12 Å². The molecule has 0 radical (unpaired) electrons. The Morgan fingerprint density at radius 2 is 1.83 bits per heavy atom. The Morgan fingerprint density at radius 1 is 1.28 bits per heavy atom. The van der Waals surface area contributed by atoms with Gasteiger partial charge in [-0.15, -0.1) is 0 Å². The fraction of sp³-hybridized carbons (Fsp3) is 0.583. The van der Waals surface area contributed by atoms with Gasteiger partial charge in [0.15, 0.2) is 0 Å². The molecule has 2 heterocycles. The number of rotatable bonds is 2. The summed E-state index contributed by atoms with van der Waals surface area (Å²) in [5.41, 5.74) is 5.31. The quantitative estimate of drug-likeness (QED) is 0.797. The lowest BCUT2D eigenvalue weighted by molar-refractivity contribution is 0.00578. The van der Waals surface area contributed by atoms with E-state index < -0.39 is 24.1 Å². The minimum absolute atomic E-state index is 0.0788. The first kappa shape index (κ1) is 13.5. The highest BCUT2D eigenvalue weighted by molar-refractivity contribution is 6.62. The van der Waals surface area contributed by atoms with Crippen LogP contribution in [0, 0.1) is 5.82 Å². The van der Waals surface area contributed by atoms with Crippen molar-refractivity contribution >= 4 is 12.6 Å². The van der Waals surface area contributed by atoms with Crippen LogP contribution in [-0.4, -0.2) is 23.3 Å². The van der Waals surface area contributed by atoms with Gasteiger partial charge in [-0.05, 0) is 33.8 Å². The molecule has 4 nitrogen and oxygen atoms in total. The fourth-order valence-corrected chi connectivity index (χ4v) is 1.74. The number of aromatic nitrogens is 1. The number of pyridine rings is 1. The van der Waals surface area contributed by atoms with E-state index in [9.17, 15) is 4.39 Å². The molecule has 1 aliphatic heterocycles. The van der Waals surface area contributed by atoms with Gasteiger partial charge in [0.05, 0.1) is 16.9 Å². The van der Waals surface area contributed by atoms with E-state index in [-0.39, 0.29) is 12.2 Å². The van der Waals surface area contributed by atoms with Gasteiger partial charge in [0.1, 0.15) is 5.82 Å². The molecule has 0 unspecified atom stereocenters. The van der Waals surface area contributed by atoms with E-state index in [1.165, 1.54) is 6.07 Å². The van der Waals surface area contributed by atoms with E-state index in [1.807, 2.05) is 27.7 Å². The third kappa shape index (κ3) is 2.16. The Bertz CT molecular complexity index is 449. The van der Waals surface area contributed by atoms with Gasteiger partial charge < -0.3 is 15.0 Å². The molecule has 1 aromatic rings. The summed E-state index contributed by atoms with van der Waals surface area (Å²) in [6, 6.07) is 1.37. The van der Waals surface area contributed by atoms with Crippen LogP contribution < -0.4 is 11.2 Å². The van der Waals surface area contributed by atoms with Gasteiger partial charge in [0.2, 0.25) is 0 Å². The van der Waals surface area contributed by atoms with E-state index in [0.29, 0.717) is 5.46 Å². The molecule has 6 heteroatoms. The minimum Gasteiger partial charge on any atom is -0.399 e. The van der Waals surface area contributed by atoms with Crippen LogP contribution in [-0.2, 0) is 15.9 Å². The Morgan fingerprint density at radius 3 is 2.28 bits per heavy atom. The second-order valence-electron chi connectivity index (χ2n) is 5.49. The van der Waals surface area contributed by atoms with Crippen molar-refractivity contribution in [3.8, 4) is 0 Å². The zero-order chi connectivity index (χ0) is 13.6. The van der Waals surface area contributed by atoms with Crippen LogP contribution in [0.4, 0.5) is 4.39 Å². The van der Waals surface area contributed by atoms with E-state index >= 15 is 0 Å². The SMILES string of the molecule is CC1(C)OB(c2cnc(CN)c(F)c2)OC1(C)C. The molecule has 0 saturated carbocycles. The summed E-state index contributed by atoms with van der Waals surface area (Å²) >= 11 is 0. The van der Waals surface area contributed by atoms with Gasteiger partial charge in [-0.2, -0.15) is 0 Å². The summed E-state index contributed by atoms with van der Waals surface area (Å²) in [5.74, 6) is -0.426. The predicted molar refractivity (Wildman–Crippen MR) is 67.8 cm³/mol. The second-order valence-corrected chi connectivity index (χ2v) is 5.49. The summed E-state index contributed by atoms with van der Waals surface area (Å²) in [7, 11) is -0.594. The molecule has 0 aromatic carbocycles. The maximum absolute atomic E-state index is 13.6. The zero-order valence-electron chi connectivity index (χ0n) is 11.2. The standard InChI is InChI=1S/C12H18BFN2O2/c1-11(2)12(3,4)18-13(17-11)8-5-9(14)10(6-15)16-7-8/h5,7H,6,15H2,1-4H3. The first-order valence-corrected chi connectivity index (χ1v) is 5.97. The topological polar surface area (TPSA) is 57.4 Å². The van der Waals surface area contributed by atoms with Gasteiger partial charge in [0, 0.05) is 18.2 Å². The number of nitrogens with zero attached hydrogens (tertiary/aromatic N) is 1. The molecular weight excluding hydrogens is 234 g/mol. The highest BCUT2D eigenvalue weighted by Gasteiger charge is 2.51. The summed E-state index contributed by atoms with van der Waals surface area (Å²) < 4.78 is 25.3. The number of hydrogen-bond donors (Lipinski definition) is 1. The highest BCUT2D eigenvalue weighted by atomic mass is 19.1. The number of halogens is 1. The molecule has 0 aliphatic carbocycles. The highest BCUT2D eigenvalue weighted by Crippen LogP contribution is 2.36. The van der Waals surface area contributed by atoms with Crippen LogP contribution in [0.2, 0.25) is 0 Å². The lowest BCUT2D eigenvalue weighted by atomic mass is 9.80. The maximum Gasteiger partial charge on any atom is 0.496 e. The van der Waals surface area contributed by atoms with E-state index in [4.69, 9.17) is 15.0 Å². The van der Waals surface area contributed by atoms with E-state index in [1.54, 1.807) is 6.20 Å². The van der Waals surface area contributed by atoms with Crippen molar-refractivity contribution in [1.29, 1.82) is 0 Å². The minimum atomic E-state index is -0.594. The van der Waals surface area contributed by atoms with Crippen molar-refractivity contribution in [1.82, 2.24) is 4.98 Å². The van der Waals surface area contributed by atoms with Crippen LogP contribution in [0.25, 0.3) is 0 Å². The summed E-state index contributed by atoms with van der Waals surface area (Å²) in [6.07, 6.45) is 1.55. The van der Waals surface area contributed by atoms with Crippen LogP contribution in [0.15, 0.2) is 12.3 Å². The van der Waals surface area contributed by atoms with Crippen molar-refractivity contribution < 1.29 is 13.7 Å². The lowest BCUT2D eigenvalue weighted by Gasteiger charge is -2.32. The van der Waals surface area contributed by atoms with Crippen LogP contribution in [0.5, 0.6) is 0 Å². The molecule has 0 amide bonds. The average molecular weight is 252 g/mol. The Hall–Kier alpha value is -0.975. The molecule has 1 fully saturated rings. The monoisotopic (exact) mass is 252 g/mol. The summed E-state index contributed by atoms with van der Waals surface area (Å²) in [4.78, 5) is 3.98. The third-order valence-corrected chi connectivity index (χ3v) is 3.66. The van der Waals surface area contributed by atoms with Crippen LogP contribution >= 0.6 is 0 Å². The molecule has 98 valence electrons. The van der Waals surface area contributed by atoms with Gasteiger partial charge in [-0.1, -0.05) is 0 Å². The molecule has 1 saturated heterocycles. The largest absolute Gasteiger partial charge is 0.496 e. The molecule has 18 heavy (non-hydrogen) atoms. The number of nitrogens with two attached hydrogens (primary N) is 1. The smallest absolute Gasteiger partial charge is 0.399 e. The van der Waals surface area contributed by atoms with Crippen molar-refractivity contribution in [3.05, 3.63) is 23.8 Å². The van der Waals surface area contributed by atoms with Crippen molar-refractivity contribution in [3.63, 3.8) is 0 Å². The van der Waals surface area contributed by atoms with Gasteiger partial charge in [-0.25, -0.2) is 4.39 Å². The Labute approximate surface area is 107 Å². The van der Waals surface area contributed by atoms with E-state index in [2.05, 4.69) is 4.98 Å². The zero-order valence-corrected chi connectivity index (χ0v) is 11.2. The molecule has 2 rings (SSSR count). The first-order valence-electron chi connectivity index (χ1n) is 5.97. The normalized spacial score (nSPS) is 21.3. The molecule has 2 N–H and O–H groups in total. The predicted octanol–water partition coefficient (Wildman–Crippen LogP) is 0.979.